The monoisotopic (exact) mass is 420 g/mol. The number of nitrogens with one attached hydrogen (secondary N) is 1. The number of halogens is 1. The number of methoxy groups -OCH3 is 1. The molecule has 2 aliphatic heterocycles. The van der Waals surface area contributed by atoms with E-state index in [2.05, 4.69) is 10.4 Å². The zero-order valence-corrected chi connectivity index (χ0v) is 17.1. The number of carbonyl (C=O) groups excluding carboxylic acids is 2. The summed E-state index contributed by atoms with van der Waals surface area (Å²) in [7, 11) is 3.22. The summed E-state index contributed by atoms with van der Waals surface area (Å²) in [5.41, 5.74) is 1.30. The number of anilines is 1. The third-order valence-corrected chi connectivity index (χ3v) is 6.29. The first-order valence-electron chi connectivity index (χ1n) is 9.99. The minimum absolute atomic E-state index is 0.0570. The number of nitrogens with zero attached hydrogens (tertiary/aromatic N) is 3. The van der Waals surface area contributed by atoms with Gasteiger partial charge in [-0.25, -0.2) is 4.39 Å². The van der Waals surface area contributed by atoms with Gasteiger partial charge in [0.1, 0.15) is 17.0 Å². The summed E-state index contributed by atoms with van der Waals surface area (Å²) >= 11 is 0. The number of rotatable bonds is 3. The van der Waals surface area contributed by atoms with Crippen LogP contribution in [0.5, 0.6) is 5.75 Å². The van der Waals surface area contributed by atoms with E-state index < -0.39 is 23.2 Å². The molecule has 2 aromatic carbocycles. The Labute approximate surface area is 178 Å². The molecule has 31 heavy (non-hydrogen) atoms. The van der Waals surface area contributed by atoms with Crippen LogP contribution in [0.15, 0.2) is 54.9 Å². The molecule has 2 aliphatic rings. The zero-order chi connectivity index (χ0) is 21.8. The van der Waals surface area contributed by atoms with Crippen LogP contribution in [-0.4, -0.2) is 40.1 Å². The number of likely N-dealkylation sites (tertiary alicyclic amines) is 1. The molecule has 1 aromatic heterocycles. The fraction of sp³-hybridized carbons (Fsp3) is 0.261. The van der Waals surface area contributed by atoms with E-state index >= 15 is 0 Å². The average molecular weight is 420 g/mol. The SMILES string of the molecule is COc1ccc(C(=O)N2CCC3(C(=O)Nc4ccccc43)C2c2cnn(C)c2)c(F)c1. The highest BCUT2D eigenvalue weighted by Crippen LogP contribution is 2.54. The molecule has 3 aromatic rings. The van der Waals surface area contributed by atoms with Gasteiger partial charge in [-0.15, -0.1) is 0 Å². The minimum atomic E-state index is -0.960. The molecule has 0 radical (unpaired) electrons. The molecule has 7 nitrogen and oxygen atoms in total. The molecule has 1 fully saturated rings. The number of benzene rings is 2. The fourth-order valence-electron chi connectivity index (χ4n) is 4.90. The van der Waals surface area contributed by atoms with Crippen molar-refractivity contribution in [1.82, 2.24) is 14.7 Å². The number of aromatic nitrogens is 2. The molecule has 5 rings (SSSR count). The Morgan fingerprint density at radius 2 is 2.10 bits per heavy atom. The van der Waals surface area contributed by atoms with Gasteiger partial charge in [0, 0.05) is 37.1 Å². The molecular formula is C23H21FN4O3. The predicted molar refractivity (Wildman–Crippen MR) is 111 cm³/mol. The van der Waals surface area contributed by atoms with E-state index in [9.17, 15) is 14.0 Å². The Bertz CT molecular complexity index is 1210. The van der Waals surface area contributed by atoms with Crippen LogP contribution in [0.1, 0.15) is 33.9 Å². The Balaban J connectivity index is 1.64. The number of amides is 2. The van der Waals surface area contributed by atoms with Crippen LogP contribution >= 0.6 is 0 Å². The third kappa shape index (κ3) is 2.74. The van der Waals surface area contributed by atoms with E-state index in [1.807, 2.05) is 24.3 Å². The quantitative estimate of drug-likeness (QED) is 0.707. The summed E-state index contributed by atoms with van der Waals surface area (Å²) in [6.07, 6.45) is 3.89. The molecule has 1 saturated heterocycles. The van der Waals surface area contributed by atoms with Crippen LogP contribution in [0.3, 0.4) is 0 Å². The smallest absolute Gasteiger partial charge is 0.257 e. The highest BCUT2D eigenvalue weighted by atomic mass is 19.1. The van der Waals surface area contributed by atoms with Crippen molar-refractivity contribution in [3.05, 3.63) is 77.4 Å². The first-order chi connectivity index (χ1) is 15.0. The number of carbonyl (C=O) groups is 2. The lowest BCUT2D eigenvalue weighted by atomic mass is 9.73. The Hall–Kier alpha value is -3.68. The van der Waals surface area contributed by atoms with Crippen molar-refractivity contribution < 1.29 is 18.7 Å². The summed E-state index contributed by atoms with van der Waals surface area (Å²) in [5.74, 6) is -0.956. The van der Waals surface area contributed by atoms with Gasteiger partial charge in [0.2, 0.25) is 5.91 Å². The second-order valence-electron chi connectivity index (χ2n) is 7.92. The third-order valence-electron chi connectivity index (χ3n) is 6.29. The van der Waals surface area contributed by atoms with Crippen molar-refractivity contribution >= 4 is 17.5 Å². The van der Waals surface area contributed by atoms with E-state index in [4.69, 9.17) is 4.74 Å². The molecule has 0 aliphatic carbocycles. The summed E-state index contributed by atoms with van der Waals surface area (Å²) in [6.45, 7) is 0.311. The fourth-order valence-corrected chi connectivity index (χ4v) is 4.90. The summed E-state index contributed by atoms with van der Waals surface area (Å²) in [6, 6.07) is 11.1. The topological polar surface area (TPSA) is 76.5 Å². The average Bonchev–Trinajstić information content (AvgIpc) is 3.44. The maximum absolute atomic E-state index is 14.7. The summed E-state index contributed by atoms with van der Waals surface area (Å²) in [5, 5.41) is 7.23. The van der Waals surface area contributed by atoms with Crippen LogP contribution in [0.4, 0.5) is 10.1 Å². The maximum atomic E-state index is 14.7. The van der Waals surface area contributed by atoms with Gasteiger partial charge in [-0.05, 0) is 30.2 Å². The van der Waals surface area contributed by atoms with Crippen molar-refractivity contribution in [1.29, 1.82) is 0 Å². The molecule has 8 heteroatoms. The lowest BCUT2D eigenvalue weighted by Crippen LogP contribution is -2.42. The maximum Gasteiger partial charge on any atom is 0.257 e. The van der Waals surface area contributed by atoms with Gasteiger partial charge in [-0.2, -0.15) is 5.10 Å². The van der Waals surface area contributed by atoms with Crippen molar-refractivity contribution in [2.75, 3.05) is 19.0 Å². The molecule has 1 spiro atoms. The first-order valence-corrected chi connectivity index (χ1v) is 9.99. The highest BCUT2D eigenvalue weighted by molar-refractivity contribution is 6.08. The molecule has 2 atom stereocenters. The predicted octanol–water partition coefficient (Wildman–Crippen LogP) is 3.05. The van der Waals surface area contributed by atoms with E-state index in [0.717, 1.165) is 16.8 Å². The molecule has 2 unspecified atom stereocenters. The first kappa shape index (κ1) is 19.3. The van der Waals surface area contributed by atoms with Crippen LogP contribution < -0.4 is 10.1 Å². The standard InChI is InChI=1S/C23H21FN4O3/c1-27-13-14(12-25-27)20-23(17-5-3-4-6-19(17)26-22(23)30)9-10-28(20)21(29)16-8-7-15(31-2)11-18(16)24/h3-8,11-13,20H,9-10H2,1-2H3,(H,26,30). The van der Waals surface area contributed by atoms with Crippen molar-refractivity contribution in [3.8, 4) is 5.75 Å². The normalized spacial score (nSPS) is 22.0. The molecule has 3 heterocycles. The molecule has 158 valence electrons. The number of ether oxygens (including phenoxy) is 1. The highest BCUT2D eigenvalue weighted by Gasteiger charge is 2.59. The lowest BCUT2D eigenvalue weighted by Gasteiger charge is -2.33. The molecule has 1 N–H and O–H groups in total. The van der Waals surface area contributed by atoms with Crippen molar-refractivity contribution in [2.45, 2.75) is 17.9 Å². The van der Waals surface area contributed by atoms with Crippen LogP contribution in [0.2, 0.25) is 0 Å². The second-order valence-corrected chi connectivity index (χ2v) is 7.92. The van der Waals surface area contributed by atoms with E-state index in [0.29, 0.717) is 18.7 Å². The molecule has 2 amide bonds. The van der Waals surface area contributed by atoms with E-state index in [-0.39, 0.29) is 11.5 Å². The number of hydrogen-bond donors (Lipinski definition) is 1. The minimum Gasteiger partial charge on any atom is -0.497 e. The van der Waals surface area contributed by atoms with Gasteiger partial charge < -0.3 is 15.0 Å². The van der Waals surface area contributed by atoms with Gasteiger partial charge in [-0.1, -0.05) is 18.2 Å². The lowest BCUT2D eigenvalue weighted by molar-refractivity contribution is -0.121. The van der Waals surface area contributed by atoms with Gasteiger partial charge in [-0.3, -0.25) is 14.3 Å². The second kappa shape index (κ2) is 6.94. The largest absolute Gasteiger partial charge is 0.497 e. The Morgan fingerprint density at radius 3 is 2.81 bits per heavy atom. The zero-order valence-electron chi connectivity index (χ0n) is 17.1. The Kier molecular flexibility index (Phi) is 4.32. The molecule has 0 saturated carbocycles. The molecule has 0 bridgehead atoms. The van der Waals surface area contributed by atoms with E-state index in [1.165, 1.54) is 19.2 Å². The molecular weight excluding hydrogens is 399 g/mol. The number of para-hydroxylation sites is 1. The van der Waals surface area contributed by atoms with Crippen LogP contribution in [0, 0.1) is 5.82 Å². The Morgan fingerprint density at radius 1 is 1.29 bits per heavy atom. The van der Waals surface area contributed by atoms with Gasteiger partial charge in [0.05, 0.1) is 24.9 Å². The van der Waals surface area contributed by atoms with Crippen molar-refractivity contribution in [3.63, 3.8) is 0 Å². The van der Waals surface area contributed by atoms with Gasteiger partial charge >= 0.3 is 0 Å². The van der Waals surface area contributed by atoms with Crippen LogP contribution in [-0.2, 0) is 17.3 Å². The van der Waals surface area contributed by atoms with Crippen LogP contribution in [0.25, 0.3) is 0 Å². The van der Waals surface area contributed by atoms with Gasteiger partial charge in [0.15, 0.2) is 0 Å². The summed E-state index contributed by atoms with van der Waals surface area (Å²) < 4.78 is 21.4. The van der Waals surface area contributed by atoms with Gasteiger partial charge in [0.25, 0.3) is 5.91 Å². The number of aryl methyl sites for hydroxylation is 1. The van der Waals surface area contributed by atoms with Crippen molar-refractivity contribution in [2.24, 2.45) is 7.05 Å². The summed E-state index contributed by atoms with van der Waals surface area (Å²) in [4.78, 5) is 28.4. The van der Waals surface area contributed by atoms with E-state index in [1.54, 1.807) is 35.1 Å². The number of hydrogen-bond acceptors (Lipinski definition) is 4. The number of fused-ring (bicyclic) bond motifs is 2.